The van der Waals surface area contributed by atoms with Crippen LogP contribution in [0.1, 0.15) is 6.92 Å². The van der Waals surface area contributed by atoms with Gasteiger partial charge >= 0.3 is 5.97 Å². The van der Waals surface area contributed by atoms with Crippen LogP contribution in [0.25, 0.3) is 0 Å². The maximum atomic E-state index is 10.5. The Morgan fingerprint density at radius 1 is 1.64 bits per heavy atom. The van der Waals surface area contributed by atoms with E-state index in [1.807, 2.05) is 0 Å². The molecule has 1 aliphatic rings. The number of esters is 1. The largest absolute Gasteiger partial charge is 0.452 e. The molecule has 0 aromatic heterocycles. The van der Waals surface area contributed by atoms with Gasteiger partial charge in [-0.05, 0) is 13.0 Å². The fourth-order valence-electron chi connectivity index (χ4n) is 0.844. The van der Waals surface area contributed by atoms with Crippen LogP contribution in [0.5, 0.6) is 0 Å². The van der Waals surface area contributed by atoms with Crippen LogP contribution in [0.2, 0.25) is 0 Å². The number of hydrogen-bond donors (Lipinski definition) is 2. The molecule has 0 aliphatic carbocycles. The van der Waals surface area contributed by atoms with Gasteiger partial charge in [-0.2, -0.15) is 0 Å². The standard InChI is InChI=1S/C7H10O4/c1-4(8)7(10)5-2-3-6(9)11-5/h2-5,7-8,10H,1H3/t4-,5-,7-/m0/s1. The van der Waals surface area contributed by atoms with Gasteiger partial charge in [0.1, 0.15) is 12.2 Å². The van der Waals surface area contributed by atoms with Crippen LogP contribution in [0.4, 0.5) is 0 Å². The SMILES string of the molecule is C[C@H](O)[C@H](O)[C@@H]1C=CC(=O)O1. The normalized spacial score (nSPS) is 28.3. The van der Waals surface area contributed by atoms with Gasteiger partial charge in [-0.3, -0.25) is 0 Å². The van der Waals surface area contributed by atoms with Crippen molar-refractivity contribution in [1.29, 1.82) is 0 Å². The number of ether oxygens (including phenoxy) is 1. The molecule has 0 aromatic carbocycles. The number of rotatable bonds is 2. The van der Waals surface area contributed by atoms with Gasteiger partial charge in [0.15, 0.2) is 0 Å². The Morgan fingerprint density at radius 2 is 2.27 bits per heavy atom. The topological polar surface area (TPSA) is 66.8 Å². The summed E-state index contributed by atoms with van der Waals surface area (Å²) in [5.41, 5.74) is 0. The predicted octanol–water partition coefficient (Wildman–Crippen LogP) is -0.790. The lowest BCUT2D eigenvalue weighted by atomic mass is 10.1. The van der Waals surface area contributed by atoms with Crippen LogP contribution >= 0.6 is 0 Å². The molecule has 0 radical (unpaired) electrons. The van der Waals surface area contributed by atoms with Gasteiger partial charge in [0.25, 0.3) is 0 Å². The lowest BCUT2D eigenvalue weighted by molar-refractivity contribution is -0.145. The van der Waals surface area contributed by atoms with Crippen molar-refractivity contribution < 1.29 is 19.7 Å². The Bertz CT molecular complexity index is 185. The number of aliphatic hydroxyl groups is 2. The maximum absolute atomic E-state index is 10.5. The van der Waals surface area contributed by atoms with Crippen molar-refractivity contribution >= 4 is 5.97 Å². The summed E-state index contributed by atoms with van der Waals surface area (Å²) in [5, 5.41) is 18.1. The molecule has 3 atom stereocenters. The number of carbonyl (C=O) groups excluding carboxylic acids is 1. The first kappa shape index (κ1) is 8.23. The summed E-state index contributed by atoms with van der Waals surface area (Å²) >= 11 is 0. The van der Waals surface area contributed by atoms with E-state index in [1.54, 1.807) is 0 Å². The number of cyclic esters (lactones) is 1. The van der Waals surface area contributed by atoms with E-state index in [0.29, 0.717) is 0 Å². The van der Waals surface area contributed by atoms with Crippen LogP contribution in [0, 0.1) is 0 Å². The van der Waals surface area contributed by atoms with E-state index in [0.717, 1.165) is 0 Å². The maximum Gasteiger partial charge on any atom is 0.331 e. The minimum atomic E-state index is -1.03. The lowest BCUT2D eigenvalue weighted by Crippen LogP contribution is -2.35. The zero-order valence-corrected chi connectivity index (χ0v) is 6.10. The van der Waals surface area contributed by atoms with E-state index in [9.17, 15) is 4.79 Å². The lowest BCUT2D eigenvalue weighted by Gasteiger charge is -2.18. The molecule has 11 heavy (non-hydrogen) atoms. The van der Waals surface area contributed by atoms with Crippen LogP contribution in [-0.4, -0.2) is 34.5 Å². The van der Waals surface area contributed by atoms with Crippen molar-refractivity contribution in [3.8, 4) is 0 Å². The summed E-state index contributed by atoms with van der Waals surface area (Å²) in [6, 6.07) is 0. The molecule has 0 unspecified atom stereocenters. The van der Waals surface area contributed by atoms with E-state index in [-0.39, 0.29) is 0 Å². The van der Waals surface area contributed by atoms with Gasteiger partial charge in [0.05, 0.1) is 6.10 Å². The third kappa shape index (κ3) is 1.78. The Morgan fingerprint density at radius 3 is 2.64 bits per heavy atom. The highest BCUT2D eigenvalue weighted by Gasteiger charge is 2.27. The van der Waals surface area contributed by atoms with Crippen molar-refractivity contribution in [3.05, 3.63) is 12.2 Å². The van der Waals surface area contributed by atoms with E-state index in [2.05, 4.69) is 4.74 Å². The van der Waals surface area contributed by atoms with Crippen molar-refractivity contribution in [1.82, 2.24) is 0 Å². The van der Waals surface area contributed by atoms with Crippen LogP contribution in [0.3, 0.4) is 0 Å². The summed E-state index contributed by atoms with van der Waals surface area (Å²) in [4.78, 5) is 10.5. The summed E-state index contributed by atoms with van der Waals surface area (Å²) in [5.74, 6) is -0.477. The second-order valence-electron chi connectivity index (χ2n) is 2.49. The molecular formula is C7H10O4. The third-order valence-electron chi connectivity index (χ3n) is 1.51. The van der Waals surface area contributed by atoms with Gasteiger partial charge in [0, 0.05) is 6.08 Å². The van der Waals surface area contributed by atoms with Gasteiger partial charge in [0.2, 0.25) is 0 Å². The fourth-order valence-corrected chi connectivity index (χ4v) is 0.844. The first-order valence-electron chi connectivity index (χ1n) is 3.36. The first-order chi connectivity index (χ1) is 5.11. The number of aliphatic hydroxyl groups excluding tert-OH is 2. The molecule has 0 spiro atoms. The van der Waals surface area contributed by atoms with Gasteiger partial charge in [-0.15, -0.1) is 0 Å². The molecular weight excluding hydrogens is 148 g/mol. The van der Waals surface area contributed by atoms with Crippen molar-refractivity contribution in [2.75, 3.05) is 0 Å². The van der Waals surface area contributed by atoms with E-state index >= 15 is 0 Å². The average Bonchev–Trinajstić information content (AvgIpc) is 2.34. The summed E-state index contributed by atoms with van der Waals surface area (Å²) in [7, 11) is 0. The quantitative estimate of drug-likeness (QED) is 0.517. The second kappa shape index (κ2) is 3.02. The molecule has 1 aliphatic heterocycles. The molecule has 4 nitrogen and oxygen atoms in total. The van der Waals surface area contributed by atoms with E-state index < -0.39 is 24.3 Å². The van der Waals surface area contributed by atoms with Gasteiger partial charge < -0.3 is 14.9 Å². The smallest absolute Gasteiger partial charge is 0.331 e. The summed E-state index contributed by atoms with van der Waals surface area (Å²) < 4.78 is 4.62. The third-order valence-corrected chi connectivity index (χ3v) is 1.51. The van der Waals surface area contributed by atoms with Crippen LogP contribution in [-0.2, 0) is 9.53 Å². The minimum absolute atomic E-state index is 0.477. The van der Waals surface area contributed by atoms with Crippen molar-refractivity contribution in [2.45, 2.75) is 25.2 Å². The van der Waals surface area contributed by atoms with Crippen molar-refractivity contribution in [3.63, 3.8) is 0 Å². The molecule has 1 rings (SSSR count). The Hall–Kier alpha value is -0.870. The molecule has 62 valence electrons. The van der Waals surface area contributed by atoms with E-state index in [1.165, 1.54) is 19.1 Å². The summed E-state index contributed by atoms with van der Waals surface area (Å²) in [6.45, 7) is 1.44. The number of carbonyl (C=O) groups is 1. The molecule has 1 heterocycles. The van der Waals surface area contributed by atoms with Gasteiger partial charge in [-0.1, -0.05) is 0 Å². The molecule has 4 heteroatoms. The molecule has 0 saturated carbocycles. The average molecular weight is 158 g/mol. The molecule has 0 fully saturated rings. The Labute approximate surface area is 64.1 Å². The van der Waals surface area contributed by atoms with Crippen molar-refractivity contribution in [2.24, 2.45) is 0 Å². The minimum Gasteiger partial charge on any atom is -0.452 e. The molecule has 0 saturated heterocycles. The highest BCUT2D eigenvalue weighted by atomic mass is 16.6. The summed E-state index contributed by atoms with van der Waals surface area (Å²) in [6.07, 6.45) is 0.0476. The van der Waals surface area contributed by atoms with Crippen LogP contribution in [0.15, 0.2) is 12.2 Å². The van der Waals surface area contributed by atoms with Gasteiger partial charge in [-0.25, -0.2) is 4.79 Å². The monoisotopic (exact) mass is 158 g/mol. The predicted molar refractivity (Wildman–Crippen MR) is 36.7 cm³/mol. The Kier molecular flexibility index (Phi) is 2.26. The molecule has 0 amide bonds. The fraction of sp³-hybridized carbons (Fsp3) is 0.571. The zero-order valence-electron chi connectivity index (χ0n) is 6.10. The Balaban J connectivity index is 2.51. The van der Waals surface area contributed by atoms with E-state index in [4.69, 9.17) is 10.2 Å². The molecule has 2 N–H and O–H groups in total. The second-order valence-corrected chi connectivity index (χ2v) is 2.49. The molecule has 0 bridgehead atoms. The highest BCUT2D eigenvalue weighted by Crippen LogP contribution is 2.11. The zero-order chi connectivity index (χ0) is 8.43. The number of hydrogen-bond acceptors (Lipinski definition) is 4. The highest BCUT2D eigenvalue weighted by molar-refractivity contribution is 5.84. The van der Waals surface area contributed by atoms with Crippen LogP contribution < -0.4 is 0 Å². The molecule has 0 aromatic rings. The first-order valence-corrected chi connectivity index (χ1v) is 3.36.